The van der Waals surface area contributed by atoms with Gasteiger partial charge >= 0.3 is 0 Å². The molecule has 10 aromatic rings. The van der Waals surface area contributed by atoms with Crippen LogP contribution in [0.2, 0.25) is 0 Å². The number of benzene rings is 8. The van der Waals surface area contributed by atoms with Crippen molar-refractivity contribution in [2.75, 3.05) is 0 Å². The lowest BCUT2D eigenvalue weighted by molar-refractivity contribution is 0.669. The first kappa shape index (κ1) is 33.6. The molecule has 0 spiro atoms. The summed E-state index contributed by atoms with van der Waals surface area (Å²) in [7, 11) is 0. The third-order valence-electron chi connectivity index (χ3n) is 10.4. The molecule has 5 nitrogen and oxygen atoms in total. The molecule has 0 N–H and O–H groups in total. The Balaban J connectivity index is 1.20. The first-order chi connectivity index (χ1) is 28.2. The number of fused-ring (bicyclic) bond motifs is 3. The fraction of sp³-hybridized carbons (Fsp3) is 0. The highest BCUT2D eigenvalue weighted by atomic mass is 16.3. The van der Waals surface area contributed by atoms with E-state index in [2.05, 4.69) is 115 Å². The van der Waals surface area contributed by atoms with Gasteiger partial charge in [0, 0.05) is 27.5 Å². The van der Waals surface area contributed by atoms with Crippen molar-refractivity contribution in [3.63, 3.8) is 0 Å². The lowest BCUT2D eigenvalue weighted by Crippen LogP contribution is -2.01. The molecule has 2 heterocycles. The molecule has 57 heavy (non-hydrogen) atoms. The Hall–Kier alpha value is -7.94. The van der Waals surface area contributed by atoms with Crippen LogP contribution >= 0.6 is 0 Å². The summed E-state index contributed by atoms with van der Waals surface area (Å²) in [6.45, 7) is 0. The second kappa shape index (κ2) is 14.4. The molecule has 10 rings (SSSR count). The average molecular weight is 729 g/mol. The van der Waals surface area contributed by atoms with Gasteiger partial charge in [0.25, 0.3) is 0 Å². The molecular weight excluding hydrogens is 697 g/mol. The van der Waals surface area contributed by atoms with Crippen molar-refractivity contribution >= 4 is 21.9 Å². The van der Waals surface area contributed by atoms with Crippen LogP contribution in [0.3, 0.4) is 0 Å². The van der Waals surface area contributed by atoms with Crippen LogP contribution in [-0.4, -0.2) is 15.0 Å². The van der Waals surface area contributed by atoms with Gasteiger partial charge in [0.15, 0.2) is 17.5 Å². The molecule has 2 aromatic heterocycles. The van der Waals surface area contributed by atoms with E-state index >= 15 is 0 Å². The maximum Gasteiger partial charge on any atom is 0.164 e. The molecular formula is C52H32N4O. The van der Waals surface area contributed by atoms with E-state index in [1.165, 1.54) is 0 Å². The van der Waals surface area contributed by atoms with Crippen LogP contribution in [0.5, 0.6) is 0 Å². The molecule has 8 aromatic carbocycles. The topological polar surface area (TPSA) is 75.6 Å². The summed E-state index contributed by atoms with van der Waals surface area (Å²) in [5, 5.41) is 11.8. The first-order valence-corrected chi connectivity index (χ1v) is 18.8. The largest absolute Gasteiger partial charge is 0.456 e. The van der Waals surface area contributed by atoms with Gasteiger partial charge in [-0.25, -0.2) is 15.0 Å². The summed E-state index contributed by atoms with van der Waals surface area (Å²) in [4.78, 5) is 15.6. The van der Waals surface area contributed by atoms with E-state index in [0.717, 1.165) is 83.1 Å². The van der Waals surface area contributed by atoms with Gasteiger partial charge < -0.3 is 4.42 Å². The molecule has 0 aliphatic rings. The van der Waals surface area contributed by atoms with Crippen molar-refractivity contribution in [3.05, 3.63) is 200 Å². The van der Waals surface area contributed by atoms with Gasteiger partial charge in [-0.1, -0.05) is 146 Å². The number of hydrogen-bond acceptors (Lipinski definition) is 5. The summed E-state index contributed by atoms with van der Waals surface area (Å²) in [5.74, 6) is 1.59. The standard InChI is InChI=1S/C52H32N4O/c53-33-34-14-12-21-38(28-34)43-22-10-11-23-45(43)52-55-50(39-26-27-46-48(32-39)57-47-25-13-24-44(49(46)47)37-19-8-3-9-20-37)54-51(56-52)42-30-40(35-15-4-1-5-16-35)29-41(31-42)36-17-6-2-7-18-36/h1-32H. The van der Waals surface area contributed by atoms with Crippen molar-refractivity contribution in [2.45, 2.75) is 0 Å². The zero-order chi connectivity index (χ0) is 38.1. The number of hydrogen-bond donors (Lipinski definition) is 0. The molecule has 0 radical (unpaired) electrons. The van der Waals surface area contributed by atoms with Crippen LogP contribution in [0.1, 0.15) is 5.56 Å². The minimum atomic E-state index is 0.521. The molecule has 5 heteroatoms. The van der Waals surface area contributed by atoms with Gasteiger partial charge in [-0.3, -0.25) is 0 Å². The predicted octanol–water partition coefficient (Wildman–Crippen LogP) is 13.3. The van der Waals surface area contributed by atoms with E-state index < -0.39 is 0 Å². The molecule has 0 unspecified atom stereocenters. The van der Waals surface area contributed by atoms with Crippen molar-refractivity contribution in [3.8, 4) is 84.7 Å². The highest BCUT2D eigenvalue weighted by Crippen LogP contribution is 2.39. The first-order valence-electron chi connectivity index (χ1n) is 18.8. The summed E-state index contributed by atoms with van der Waals surface area (Å²) >= 11 is 0. The molecule has 0 aliphatic carbocycles. The minimum Gasteiger partial charge on any atom is -0.456 e. The molecule has 0 fully saturated rings. The van der Waals surface area contributed by atoms with Crippen molar-refractivity contribution < 1.29 is 4.42 Å². The summed E-state index contributed by atoms with van der Waals surface area (Å²) in [6.07, 6.45) is 0. The minimum absolute atomic E-state index is 0.521. The van der Waals surface area contributed by atoms with Gasteiger partial charge in [0.05, 0.1) is 11.6 Å². The Bertz CT molecular complexity index is 3070. The van der Waals surface area contributed by atoms with Gasteiger partial charge in [-0.05, 0) is 93.0 Å². The smallest absolute Gasteiger partial charge is 0.164 e. The Kier molecular flexibility index (Phi) is 8.48. The normalized spacial score (nSPS) is 11.1. The van der Waals surface area contributed by atoms with Gasteiger partial charge in [-0.2, -0.15) is 5.26 Å². The number of nitriles is 1. The van der Waals surface area contributed by atoms with E-state index in [1.54, 1.807) is 0 Å². The van der Waals surface area contributed by atoms with Crippen LogP contribution in [0.15, 0.2) is 199 Å². The molecule has 0 amide bonds. The number of furan rings is 1. The van der Waals surface area contributed by atoms with Crippen molar-refractivity contribution in [1.29, 1.82) is 5.26 Å². The quantitative estimate of drug-likeness (QED) is 0.163. The summed E-state index contributed by atoms with van der Waals surface area (Å²) in [6, 6.07) is 68.0. The SMILES string of the molecule is N#Cc1cccc(-c2ccccc2-c2nc(-c3cc(-c4ccccc4)cc(-c4ccccc4)c3)nc(-c3ccc4c(c3)oc3cccc(-c5ccccc5)c34)n2)c1. The Morgan fingerprint density at radius 1 is 0.351 bits per heavy atom. The Morgan fingerprint density at radius 3 is 1.58 bits per heavy atom. The lowest BCUT2D eigenvalue weighted by atomic mass is 9.95. The number of rotatable bonds is 7. The third kappa shape index (κ3) is 6.42. The van der Waals surface area contributed by atoms with E-state index in [-0.39, 0.29) is 0 Å². The zero-order valence-corrected chi connectivity index (χ0v) is 30.7. The summed E-state index contributed by atoms with van der Waals surface area (Å²) < 4.78 is 6.54. The zero-order valence-electron chi connectivity index (χ0n) is 30.7. The van der Waals surface area contributed by atoms with Crippen LogP contribution in [0.25, 0.3) is 101 Å². The van der Waals surface area contributed by atoms with Gasteiger partial charge in [0.1, 0.15) is 11.2 Å². The Morgan fingerprint density at radius 2 is 0.895 bits per heavy atom. The molecule has 0 saturated heterocycles. The molecule has 0 aliphatic heterocycles. The third-order valence-corrected chi connectivity index (χ3v) is 10.4. The number of aromatic nitrogens is 3. The van der Waals surface area contributed by atoms with Crippen LogP contribution in [-0.2, 0) is 0 Å². The van der Waals surface area contributed by atoms with E-state index in [9.17, 15) is 5.26 Å². The maximum absolute atomic E-state index is 9.73. The van der Waals surface area contributed by atoms with Gasteiger partial charge in [0.2, 0.25) is 0 Å². The molecule has 0 saturated carbocycles. The second-order valence-corrected chi connectivity index (χ2v) is 13.9. The highest BCUT2D eigenvalue weighted by Gasteiger charge is 2.19. The maximum atomic E-state index is 9.73. The predicted molar refractivity (Wildman–Crippen MR) is 230 cm³/mol. The highest BCUT2D eigenvalue weighted by molar-refractivity contribution is 6.13. The van der Waals surface area contributed by atoms with E-state index in [1.807, 2.05) is 84.9 Å². The Labute approximate surface area is 329 Å². The van der Waals surface area contributed by atoms with Crippen LogP contribution in [0.4, 0.5) is 0 Å². The summed E-state index contributed by atoms with van der Waals surface area (Å²) in [5.41, 5.74) is 13.0. The van der Waals surface area contributed by atoms with Crippen LogP contribution < -0.4 is 0 Å². The van der Waals surface area contributed by atoms with E-state index in [4.69, 9.17) is 19.4 Å². The molecule has 0 atom stereocenters. The fourth-order valence-electron chi connectivity index (χ4n) is 7.62. The van der Waals surface area contributed by atoms with Gasteiger partial charge in [-0.15, -0.1) is 0 Å². The fourth-order valence-corrected chi connectivity index (χ4v) is 7.62. The lowest BCUT2D eigenvalue weighted by Gasteiger charge is -2.14. The van der Waals surface area contributed by atoms with Crippen molar-refractivity contribution in [2.24, 2.45) is 0 Å². The van der Waals surface area contributed by atoms with Crippen molar-refractivity contribution in [1.82, 2.24) is 15.0 Å². The average Bonchev–Trinajstić information content (AvgIpc) is 3.68. The molecule has 266 valence electrons. The van der Waals surface area contributed by atoms with Crippen LogP contribution in [0, 0.1) is 11.3 Å². The second-order valence-electron chi connectivity index (χ2n) is 13.9. The monoisotopic (exact) mass is 728 g/mol. The number of nitrogens with zero attached hydrogens (tertiary/aromatic N) is 4. The molecule has 0 bridgehead atoms. The van der Waals surface area contributed by atoms with E-state index in [0.29, 0.717) is 23.0 Å².